The number of furan rings is 1. The van der Waals surface area contributed by atoms with Crippen LogP contribution >= 0.6 is 0 Å². The number of hydrogen-bond donors (Lipinski definition) is 0. The lowest BCUT2D eigenvalue weighted by Crippen LogP contribution is -2.64. The van der Waals surface area contributed by atoms with Crippen molar-refractivity contribution >= 4 is 17.7 Å². The molecule has 2 aliphatic carbocycles. The Morgan fingerprint density at radius 3 is 2.73 bits per heavy atom. The number of ketones is 1. The second-order valence-electron chi connectivity index (χ2n) is 9.81. The number of carbonyl (C=O) groups excluding carboxylic acids is 3. The number of methoxy groups -OCH3 is 1. The van der Waals surface area contributed by atoms with Gasteiger partial charge in [-0.1, -0.05) is 13.8 Å². The van der Waals surface area contributed by atoms with Gasteiger partial charge in [0.1, 0.15) is 25.7 Å². The summed E-state index contributed by atoms with van der Waals surface area (Å²) in [5.74, 6) is -2.58. The zero-order chi connectivity index (χ0) is 23.8. The lowest BCUT2D eigenvalue weighted by atomic mass is 9.43. The number of cyclic esters (lactones) is 1. The average molecular weight is 467 g/mol. The maximum Gasteiger partial charge on any atom is 0.310 e. The van der Waals surface area contributed by atoms with E-state index in [0.29, 0.717) is 19.3 Å². The fourth-order valence-electron chi connectivity index (χ4n) is 6.55. The number of esters is 2. The highest BCUT2D eigenvalue weighted by molar-refractivity contribution is 5.92. The molecule has 0 unspecified atom stereocenters. The lowest BCUT2D eigenvalue weighted by molar-refractivity contribution is -0.213. The molecule has 33 heavy (non-hydrogen) atoms. The van der Waals surface area contributed by atoms with E-state index in [-0.39, 0.29) is 31.6 Å². The molecule has 1 aliphatic heterocycles. The van der Waals surface area contributed by atoms with Crippen molar-refractivity contribution in [1.29, 1.82) is 0 Å². The Kier molecular flexibility index (Phi) is 6.64. The van der Waals surface area contributed by atoms with Crippen molar-refractivity contribution in [3.8, 4) is 0 Å². The fourth-order valence-corrected chi connectivity index (χ4v) is 6.55. The Bertz CT molecular complexity index is 885. The summed E-state index contributed by atoms with van der Waals surface area (Å²) in [6.07, 6.45) is 3.22. The van der Waals surface area contributed by atoms with Crippen molar-refractivity contribution in [2.75, 3.05) is 27.2 Å². The van der Waals surface area contributed by atoms with Crippen molar-refractivity contribution in [3.05, 3.63) is 24.2 Å². The molecule has 0 N–H and O–H groups in total. The number of carbonyl (C=O) groups is 3. The summed E-state index contributed by atoms with van der Waals surface area (Å²) < 4.78 is 39.2. The quantitative estimate of drug-likeness (QED) is 0.342. The molecule has 0 spiro atoms. The van der Waals surface area contributed by atoms with Crippen LogP contribution in [0.25, 0.3) is 0 Å². The van der Waals surface area contributed by atoms with Crippen LogP contribution in [0.15, 0.2) is 23.0 Å². The van der Waals surface area contributed by atoms with Crippen LogP contribution in [0.5, 0.6) is 0 Å². The lowest BCUT2D eigenvalue weighted by Gasteiger charge is -2.61. The van der Waals surface area contributed by atoms with Crippen LogP contribution in [0.1, 0.15) is 51.2 Å². The largest absolute Gasteiger partial charge is 0.472 e. The van der Waals surface area contributed by atoms with Crippen LogP contribution in [0, 0.1) is 28.6 Å². The molecule has 3 fully saturated rings. The molecular weight excluding hydrogens is 435 g/mol. The molecule has 2 heterocycles. The van der Waals surface area contributed by atoms with E-state index in [2.05, 4.69) is 0 Å². The minimum Gasteiger partial charge on any atom is -0.472 e. The van der Waals surface area contributed by atoms with Crippen LogP contribution in [0.4, 0.5) is 4.39 Å². The molecule has 0 amide bonds. The Balaban J connectivity index is 1.71. The van der Waals surface area contributed by atoms with Crippen molar-refractivity contribution < 1.29 is 42.1 Å². The molecule has 182 valence electrons. The van der Waals surface area contributed by atoms with Crippen molar-refractivity contribution in [2.24, 2.45) is 28.6 Å². The fraction of sp³-hybridized carbons (Fsp3) is 0.708. The monoisotopic (exact) mass is 466 g/mol. The van der Waals surface area contributed by atoms with Crippen molar-refractivity contribution in [2.45, 2.75) is 51.7 Å². The maximum absolute atomic E-state index is 13.9. The van der Waals surface area contributed by atoms with Crippen molar-refractivity contribution in [3.63, 3.8) is 0 Å². The van der Waals surface area contributed by atoms with E-state index < -0.39 is 53.4 Å². The zero-order valence-corrected chi connectivity index (χ0v) is 19.2. The molecule has 2 saturated carbocycles. The van der Waals surface area contributed by atoms with Gasteiger partial charge in [0.05, 0.1) is 38.1 Å². The third-order valence-electron chi connectivity index (χ3n) is 8.08. The van der Waals surface area contributed by atoms with Gasteiger partial charge in [-0.25, -0.2) is 4.39 Å². The Morgan fingerprint density at radius 1 is 1.27 bits per heavy atom. The number of halogens is 1. The first-order chi connectivity index (χ1) is 15.8. The molecule has 8 nitrogen and oxygen atoms in total. The molecule has 1 aromatic rings. The maximum atomic E-state index is 13.9. The molecule has 3 aliphatic rings. The second-order valence-corrected chi connectivity index (χ2v) is 9.81. The smallest absolute Gasteiger partial charge is 0.310 e. The van der Waals surface area contributed by atoms with Gasteiger partial charge in [-0.3, -0.25) is 14.4 Å². The van der Waals surface area contributed by atoms with E-state index in [1.165, 1.54) is 19.6 Å². The van der Waals surface area contributed by atoms with Gasteiger partial charge in [0, 0.05) is 11.5 Å². The minimum atomic E-state index is -0.910. The SMILES string of the molecule is COC(=O)[C@@H]1C[C@H](OCOCCF)C(=O)[C@H]2[C@@]1(C)CC[C@H]1C(=O)O[C@@H](c3ccoc3)C[C@]21C. The van der Waals surface area contributed by atoms with E-state index in [0.717, 1.165) is 5.56 Å². The van der Waals surface area contributed by atoms with E-state index in [4.69, 9.17) is 23.4 Å². The molecule has 7 atom stereocenters. The summed E-state index contributed by atoms with van der Waals surface area (Å²) in [4.78, 5) is 39.8. The van der Waals surface area contributed by atoms with Gasteiger partial charge >= 0.3 is 11.9 Å². The van der Waals surface area contributed by atoms with E-state index in [1.807, 2.05) is 13.8 Å². The van der Waals surface area contributed by atoms with Crippen LogP contribution in [0.2, 0.25) is 0 Å². The average Bonchev–Trinajstić information content (AvgIpc) is 3.31. The Morgan fingerprint density at radius 2 is 2.06 bits per heavy atom. The van der Waals surface area contributed by atoms with Crippen LogP contribution in [-0.4, -0.2) is 51.0 Å². The first kappa shape index (κ1) is 23.9. The highest BCUT2D eigenvalue weighted by atomic mass is 19.1. The van der Waals surface area contributed by atoms with Gasteiger partial charge < -0.3 is 23.4 Å². The molecular formula is C24H31FO8. The van der Waals surface area contributed by atoms with Crippen LogP contribution in [0.3, 0.4) is 0 Å². The summed E-state index contributed by atoms with van der Waals surface area (Å²) in [5.41, 5.74) is -0.723. The Labute approximate surface area is 192 Å². The standard InChI is InChI=1S/C24H31FO8/c1-23-6-4-15-22(28)33-18(14-5-8-30-12-14)11-24(15,2)20(23)19(26)17(32-13-31-9-7-25)10-16(23)21(27)29-3/h5,8,12,15-18,20H,4,6-7,9-11,13H2,1-3H3/t15-,16-,17-,18+,20-,23-,24-/m0/s1. The van der Waals surface area contributed by atoms with Gasteiger partial charge in [-0.2, -0.15) is 0 Å². The number of fused-ring (bicyclic) bond motifs is 3. The normalized spacial score (nSPS) is 38.2. The van der Waals surface area contributed by atoms with Crippen molar-refractivity contribution in [1.82, 2.24) is 0 Å². The summed E-state index contributed by atoms with van der Waals surface area (Å²) in [5, 5.41) is 0. The summed E-state index contributed by atoms with van der Waals surface area (Å²) in [7, 11) is 1.33. The van der Waals surface area contributed by atoms with Gasteiger partial charge in [0.25, 0.3) is 0 Å². The highest BCUT2D eigenvalue weighted by Crippen LogP contribution is 2.65. The van der Waals surface area contributed by atoms with Crippen LogP contribution in [-0.2, 0) is 33.3 Å². The number of alkyl halides is 1. The first-order valence-electron chi connectivity index (χ1n) is 11.4. The molecule has 1 aromatic heterocycles. The number of hydrogen-bond acceptors (Lipinski definition) is 8. The highest BCUT2D eigenvalue weighted by Gasteiger charge is 2.67. The summed E-state index contributed by atoms with van der Waals surface area (Å²) >= 11 is 0. The first-order valence-corrected chi connectivity index (χ1v) is 11.4. The van der Waals surface area contributed by atoms with E-state index in [9.17, 15) is 18.8 Å². The van der Waals surface area contributed by atoms with E-state index in [1.54, 1.807) is 6.07 Å². The molecule has 0 aromatic carbocycles. The summed E-state index contributed by atoms with van der Waals surface area (Å²) in [6.45, 7) is 2.84. The predicted octanol–water partition coefficient (Wildman–Crippen LogP) is 3.40. The van der Waals surface area contributed by atoms with Gasteiger partial charge in [0.15, 0.2) is 5.78 Å². The molecule has 4 rings (SSSR count). The van der Waals surface area contributed by atoms with Gasteiger partial charge in [-0.05, 0) is 42.6 Å². The molecule has 9 heteroatoms. The second kappa shape index (κ2) is 9.18. The number of ether oxygens (including phenoxy) is 4. The van der Waals surface area contributed by atoms with Gasteiger partial charge in [-0.15, -0.1) is 0 Å². The molecule has 0 bridgehead atoms. The molecule has 1 saturated heterocycles. The number of rotatable bonds is 7. The topological polar surface area (TPSA) is 101 Å². The zero-order valence-electron chi connectivity index (χ0n) is 19.2. The Hall–Kier alpha value is -2.26. The third-order valence-corrected chi connectivity index (χ3v) is 8.08. The number of Topliss-reactive ketones (excluding diaryl/α,β-unsaturated/α-hetero) is 1. The summed E-state index contributed by atoms with van der Waals surface area (Å²) in [6, 6.07) is 1.75. The third kappa shape index (κ3) is 3.99. The van der Waals surface area contributed by atoms with Crippen LogP contribution < -0.4 is 0 Å². The molecule has 0 radical (unpaired) electrons. The predicted molar refractivity (Wildman–Crippen MR) is 111 cm³/mol. The van der Waals surface area contributed by atoms with Gasteiger partial charge in [0.2, 0.25) is 0 Å². The van der Waals surface area contributed by atoms with E-state index >= 15 is 0 Å². The minimum absolute atomic E-state index is 0.138.